The van der Waals surface area contributed by atoms with Crippen LogP contribution in [0.4, 0.5) is 5.69 Å². The van der Waals surface area contributed by atoms with E-state index in [0.29, 0.717) is 18.9 Å². The van der Waals surface area contributed by atoms with Crippen LogP contribution in [-0.4, -0.2) is 17.9 Å². The van der Waals surface area contributed by atoms with Gasteiger partial charge in [-0.05, 0) is 41.7 Å². The molecular formula is C20H22N2O2. The summed E-state index contributed by atoms with van der Waals surface area (Å²) in [6.45, 7) is 1.83. The number of carbonyl (C=O) groups is 2. The van der Waals surface area contributed by atoms with Crippen molar-refractivity contribution in [3.63, 3.8) is 0 Å². The molecule has 4 heteroatoms. The lowest BCUT2D eigenvalue weighted by Crippen LogP contribution is -2.26. The molecule has 0 aromatic heterocycles. The Labute approximate surface area is 142 Å². The molecule has 24 heavy (non-hydrogen) atoms. The van der Waals surface area contributed by atoms with Gasteiger partial charge in [0, 0.05) is 18.2 Å². The van der Waals surface area contributed by atoms with Gasteiger partial charge >= 0.3 is 0 Å². The lowest BCUT2D eigenvalue weighted by molar-refractivity contribution is -0.120. The minimum Gasteiger partial charge on any atom is -0.353 e. The molecule has 124 valence electrons. The molecule has 2 N–H and O–H groups in total. The van der Waals surface area contributed by atoms with Crippen LogP contribution in [0.25, 0.3) is 11.1 Å². The summed E-state index contributed by atoms with van der Waals surface area (Å²) in [5.41, 5.74) is 3.84. The van der Waals surface area contributed by atoms with Crippen LogP contribution in [0.5, 0.6) is 0 Å². The fraction of sp³-hybridized carbons (Fsp3) is 0.300. The standard InChI is InChI=1S/C20H22N2O2/c1-2-19(23)22-18-8-4-7-16(13-18)15-6-3-5-14(11-15)12-20(24)21-17-9-10-17/h3-8,11,13,17H,2,9-10,12H2,1H3,(H,21,24)(H,22,23). The van der Waals surface area contributed by atoms with Gasteiger partial charge in [0.1, 0.15) is 0 Å². The van der Waals surface area contributed by atoms with E-state index in [1.165, 1.54) is 0 Å². The minimum atomic E-state index is -0.00218. The van der Waals surface area contributed by atoms with E-state index in [1.807, 2.05) is 55.5 Å². The smallest absolute Gasteiger partial charge is 0.224 e. The Kier molecular flexibility index (Phi) is 4.94. The van der Waals surface area contributed by atoms with Crippen molar-refractivity contribution in [2.45, 2.75) is 38.6 Å². The Morgan fingerprint density at radius 1 is 1.00 bits per heavy atom. The lowest BCUT2D eigenvalue weighted by atomic mass is 10.0. The zero-order valence-electron chi connectivity index (χ0n) is 13.8. The maximum atomic E-state index is 12.0. The van der Waals surface area contributed by atoms with Crippen molar-refractivity contribution < 1.29 is 9.59 Å². The monoisotopic (exact) mass is 322 g/mol. The molecule has 2 aromatic carbocycles. The van der Waals surface area contributed by atoms with Gasteiger partial charge in [0.25, 0.3) is 0 Å². The van der Waals surface area contributed by atoms with Gasteiger partial charge in [-0.25, -0.2) is 0 Å². The van der Waals surface area contributed by atoms with Crippen molar-refractivity contribution >= 4 is 17.5 Å². The molecule has 0 radical (unpaired) electrons. The van der Waals surface area contributed by atoms with E-state index in [-0.39, 0.29) is 11.8 Å². The first-order chi connectivity index (χ1) is 11.6. The highest BCUT2D eigenvalue weighted by molar-refractivity contribution is 5.91. The molecule has 0 atom stereocenters. The summed E-state index contributed by atoms with van der Waals surface area (Å²) in [6, 6.07) is 16.1. The Hall–Kier alpha value is -2.62. The molecule has 1 aliphatic rings. The fourth-order valence-electron chi connectivity index (χ4n) is 2.58. The largest absolute Gasteiger partial charge is 0.353 e. The summed E-state index contributed by atoms with van der Waals surface area (Å²) < 4.78 is 0. The summed E-state index contributed by atoms with van der Waals surface area (Å²) in [5, 5.41) is 5.89. The number of nitrogens with one attached hydrogen (secondary N) is 2. The van der Waals surface area contributed by atoms with E-state index < -0.39 is 0 Å². The summed E-state index contributed by atoms with van der Waals surface area (Å²) in [5.74, 6) is 0.0799. The number of amides is 2. The first-order valence-corrected chi connectivity index (χ1v) is 8.42. The van der Waals surface area contributed by atoms with Crippen LogP contribution in [0.2, 0.25) is 0 Å². The van der Waals surface area contributed by atoms with Gasteiger partial charge in [-0.3, -0.25) is 9.59 Å². The third-order valence-corrected chi connectivity index (χ3v) is 4.03. The molecule has 0 heterocycles. The molecule has 2 aromatic rings. The van der Waals surface area contributed by atoms with E-state index in [2.05, 4.69) is 10.6 Å². The van der Waals surface area contributed by atoms with Crippen molar-refractivity contribution in [2.75, 3.05) is 5.32 Å². The van der Waals surface area contributed by atoms with Gasteiger partial charge < -0.3 is 10.6 Å². The maximum absolute atomic E-state index is 12.0. The zero-order chi connectivity index (χ0) is 16.9. The SMILES string of the molecule is CCC(=O)Nc1cccc(-c2cccc(CC(=O)NC3CC3)c2)c1. The van der Waals surface area contributed by atoms with Gasteiger partial charge in [-0.1, -0.05) is 43.3 Å². The average Bonchev–Trinajstić information content (AvgIpc) is 3.39. The lowest BCUT2D eigenvalue weighted by Gasteiger charge is -2.09. The molecule has 0 bridgehead atoms. The van der Waals surface area contributed by atoms with Crippen molar-refractivity contribution in [1.29, 1.82) is 0 Å². The minimum absolute atomic E-state index is 0.00218. The van der Waals surface area contributed by atoms with Crippen LogP contribution >= 0.6 is 0 Å². The normalized spacial score (nSPS) is 13.4. The van der Waals surface area contributed by atoms with Crippen LogP contribution in [0, 0.1) is 0 Å². The van der Waals surface area contributed by atoms with Gasteiger partial charge in [0.05, 0.1) is 6.42 Å². The van der Waals surface area contributed by atoms with Crippen LogP contribution in [0.3, 0.4) is 0 Å². The maximum Gasteiger partial charge on any atom is 0.224 e. The molecule has 0 spiro atoms. The second kappa shape index (κ2) is 7.30. The molecule has 4 nitrogen and oxygen atoms in total. The highest BCUT2D eigenvalue weighted by Gasteiger charge is 2.23. The van der Waals surface area contributed by atoms with Crippen molar-refractivity contribution in [1.82, 2.24) is 5.32 Å². The van der Waals surface area contributed by atoms with Crippen molar-refractivity contribution in [3.05, 3.63) is 54.1 Å². The molecule has 0 aliphatic heterocycles. The van der Waals surface area contributed by atoms with Crippen LogP contribution in [0.1, 0.15) is 31.7 Å². The number of benzene rings is 2. The van der Waals surface area contributed by atoms with E-state index in [0.717, 1.165) is 35.2 Å². The highest BCUT2D eigenvalue weighted by atomic mass is 16.2. The number of hydrogen-bond donors (Lipinski definition) is 2. The highest BCUT2D eigenvalue weighted by Crippen LogP contribution is 2.24. The van der Waals surface area contributed by atoms with Crippen LogP contribution in [-0.2, 0) is 16.0 Å². The van der Waals surface area contributed by atoms with Gasteiger partial charge in [0.2, 0.25) is 11.8 Å². The first kappa shape index (κ1) is 16.2. The summed E-state index contributed by atoms with van der Waals surface area (Å²) in [6.07, 6.45) is 3.05. The van der Waals surface area contributed by atoms with Gasteiger partial charge in [-0.2, -0.15) is 0 Å². The van der Waals surface area contributed by atoms with Gasteiger partial charge in [0.15, 0.2) is 0 Å². The molecule has 1 fully saturated rings. The molecule has 0 unspecified atom stereocenters. The van der Waals surface area contributed by atoms with Gasteiger partial charge in [-0.15, -0.1) is 0 Å². The molecule has 1 aliphatic carbocycles. The molecule has 0 saturated heterocycles. The summed E-state index contributed by atoms with van der Waals surface area (Å²) >= 11 is 0. The Morgan fingerprint density at radius 3 is 2.42 bits per heavy atom. The van der Waals surface area contributed by atoms with Crippen LogP contribution < -0.4 is 10.6 Å². The Bertz CT molecular complexity index is 751. The second-order valence-electron chi connectivity index (χ2n) is 6.20. The van der Waals surface area contributed by atoms with E-state index in [9.17, 15) is 9.59 Å². The molecular weight excluding hydrogens is 300 g/mol. The third-order valence-electron chi connectivity index (χ3n) is 4.03. The third kappa shape index (κ3) is 4.44. The Balaban J connectivity index is 1.74. The predicted octanol–water partition coefficient (Wildman–Crippen LogP) is 3.52. The number of anilines is 1. The summed E-state index contributed by atoms with van der Waals surface area (Å²) in [7, 11) is 0. The quantitative estimate of drug-likeness (QED) is 0.855. The van der Waals surface area contributed by atoms with E-state index >= 15 is 0 Å². The molecule has 2 amide bonds. The van der Waals surface area contributed by atoms with E-state index in [1.54, 1.807) is 0 Å². The number of hydrogen-bond acceptors (Lipinski definition) is 2. The Morgan fingerprint density at radius 2 is 1.71 bits per heavy atom. The number of carbonyl (C=O) groups excluding carboxylic acids is 2. The van der Waals surface area contributed by atoms with Crippen molar-refractivity contribution in [2.24, 2.45) is 0 Å². The molecule has 1 saturated carbocycles. The summed E-state index contributed by atoms with van der Waals surface area (Å²) in [4.78, 5) is 23.5. The first-order valence-electron chi connectivity index (χ1n) is 8.42. The topological polar surface area (TPSA) is 58.2 Å². The second-order valence-corrected chi connectivity index (χ2v) is 6.20. The van der Waals surface area contributed by atoms with Crippen molar-refractivity contribution in [3.8, 4) is 11.1 Å². The fourth-order valence-corrected chi connectivity index (χ4v) is 2.58. The van der Waals surface area contributed by atoms with E-state index in [4.69, 9.17) is 0 Å². The zero-order valence-corrected chi connectivity index (χ0v) is 13.8. The number of rotatable bonds is 6. The van der Waals surface area contributed by atoms with Crippen LogP contribution in [0.15, 0.2) is 48.5 Å². The average molecular weight is 322 g/mol. The molecule has 3 rings (SSSR count). The predicted molar refractivity (Wildman–Crippen MR) is 95.7 cm³/mol.